The first-order valence-corrected chi connectivity index (χ1v) is 8.53. The summed E-state index contributed by atoms with van der Waals surface area (Å²) in [6.07, 6.45) is 4.41. The third-order valence-corrected chi connectivity index (χ3v) is 5.48. The molecule has 1 saturated heterocycles. The van der Waals surface area contributed by atoms with Crippen LogP contribution in [-0.2, 0) is 11.2 Å². The second-order valence-corrected chi connectivity index (χ2v) is 7.31. The van der Waals surface area contributed by atoms with Crippen molar-refractivity contribution in [2.24, 2.45) is 11.7 Å². The molecule has 118 valence electrons. The molecule has 0 saturated carbocycles. The molecule has 1 aliphatic rings. The molecule has 3 rings (SSSR count). The highest BCUT2D eigenvalue weighted by Gasteiger charge is 2.25. The Kier molecular flexibility index (Phi) is 4.31. The lowest BCUT2D eigenvalue weighted by atomic mass is 9.98. The molecule has 22 heavy (non-hydrogen) atoms. The molecule has 5 nitrogen and oxygen atoms in total. The van der Waals surface area contributed by atoms with Gasteiger partial charge in [-0.15, -0.1) is 11.3 Å². The minimum absolute atomic E-state index is 0.0652. The first-order valence-electron chi connectivity index (χ1n) is 7.72. The van der Waals surface area contributed by atoms with E-state index in [2.05, 4.69) is 11.9 Å². The number of anilines is 1. The topological polar surface area (TPSA) is 85.2 Å². The lowest BCUT2D eigenvalue weighted by Crippen LogP contribution is -2.47. The van der Waals surface area contributed by atoms with Gasteiger partial charge < -0.3 is 16.4 Å². The van der Waals surface area contributed by atoms with Gasteiger partial charge in [-0.2, -0.15) is 0 Å². The van der Waals surface area contributed by atoms with Crippen molar-refractivity contribution in [3.63, 3.8) is 0 Å². The Labute approximate surface area is 134 Å². The predicted molar refractivity (Wildman–Crippen MR) is 90.7 cm³/mol. The maximum atomic E-state index is 12.5. The molecule has 1 fully saturated rings. The molecule has 0 aromatic carbocycles. The van der Waals surface area contributed by atoms with Crippen molar-refractivity contribution >= 4 is 33.1 Å². The number of nitrogen functional groups attached to an aromatic ring is 1. The van der Waals surface area contributed by atoms with E-state index in [1.54, 1.807) is 17.5 Å². The van der Waals surface area contributed by atoms with Crippen LogP contribution in [0, 0.1) is 5.92 Å². The average Bonchev–Trinajstić information content (AvgIpc) is 2.91. The summed E-state index contributed by atoms with van der Waals surface area (Å²) < 4.78 is 1.09. The Morgan fingerprint density at radius 3 is 2.91 bits per heavy atom. The van der Waals surface area contributed by atoms with Crippen LogP contribution in [0.5, 0.6) is 0 Å². The second-order valence-electron chi connectivity index (χ2n) is 6.14. The molecule has 0 aliphatic carbocycles. The predicted octanol–water partition coefficient (Wildman–Crippen LogP) is 2.01. The molecular formula is C16H22N4OS. The zero-order valence-electron chi connectivity index (χ0n) is 12.8. The molecule has 2 aromatic heterocycles. The van der Waals surface area contributed by atoms with Crippen molar-refractivity contribution in [2.75, 3.05) is 18.8 Å². The Morgan fingerprint density at radius 1 is 1.50 bits per heavy atom. The fourth-order valence-electron chi connectivity index (χ4n) is 2.90. The molecule has 0 spiro atoms. The number of hydrogen-bond acceptors (Lipinski definition) is 5. The molecule has 1 amide bonds. The lowest BCUT2D eigenvalue weighted by Gasteiger charge is -2.32. The summed E-state index contributed by atoms with van der Waals surface area (Å²) in [7, 11) is 0. The molecule has 3 heterocycles. The summed E-state index contributed by atoms with van der Waals surface area (Å²) in [5.74, 6) is 1.30. The quantitative estimate of drug-likeness (QED) is 0.906. The standard InChI is InChI=1S/C16H22N4OS/c1-10-3-6-20(7-4-10)16(21)13(17)9-11-8-12-14(22-11)2-5-19-15(12)18/h2,5,8,10,13H,3-4,6-7,9,17H2,1H3,(H2,18,19). The van der Waals surface area contributed by atoms with Gasteiger partial charge in [0.05, 0.1) is 6.04 Å². The van der Waals surface area contributed by atoms with Crippen LogP contribution in [0.4, 0.5) is 5.82 Å². The van der Waals surface area contributed by atoms with E-state index in [-0.39, 0.29) is 5.91 Å². The first kappa shape index (κ1) is 15.2. The molecule has 0 bridgehead atoms. The number of fused-ring (bicyclic) bond motifs is 1. The van der Waals surface area contributed by atoms with E-state index in [9.17, 15) is 4.79 Å². The minimum Gasteiger partial charge on any atom is -0.383 e. The van der Waals surface area contributed by atoms with Gasteiger partial charge in [0.15, 0.2) is 0 Å². The number of nitrogens with two attached hydrogens (primary N) is 2. The van der Waals surface area contributed by atoms with Crippen LogP contribution < -0.4 is 11.5 Å². The lowest BCUT2D eigenvalue weighted by molar-refractivity contribution is -0.133. The highest BCUT2D eigenvalue weighted by atomic mass is 32.1. The normalized spacial score (nSPS) is 17.8. The van der Waals surface area contributed by atoms with Crippen LogP contribution >= 0.6 is 11.3 Å². The summed E-state index contributed by atoms with van der Waals surface area (Å²) in [6, 6.07) is 3.48. The summed E-state index contributed by atoms with van der Waals surface area (Å²) in [6.45, 7) is 3.89. The smallest absolute Gasteiger partial charge is 0.239 e. The monoisotopic (exact) mass is 318 g/mol. The number of likely N-dealkylation sites (tertiary alicyclic amines) is 1. The van der Waals surface area contributed by atoms with Gasteiger partial charge in [-0.3, -0.25) is 4.79 Å². The largest absolute Gasteiger partial charge is 0.383 e. The fraction of sp³-hybridized carbons (Fsp3) is 0.500. The summed E-state index contributed by atoms with van der Waals surface area (Å²) in [5.41, 5.74) is 12.0. The SMILES string of the molecule is CC1CCN(C(=O)C(N)Cc2cc3c(N)nccc3s2)CC1. The summed E-state index contributed by atoms with van der Waals surface area (Å²) in [5, 5.41) is 0.953. The Morgan fingerprint density at radius 2 is 2.23 bits per heavy atom. The zero-order chi connectivity index (χ0) is 15.7. The van der Waals surface area contributed by atoms with E-state index in [1.807, 2.05) is 17.0 Å². The van der Waals surface area contributed by atoms with Gasteiger partial charge in [0, 0.05) is 40.7 Å². The van der Waals surface area contributed by atoms with E-state index >= 15 is 0 Å². The minimum atomic E-state index is -0.476. The number of carbonyl (C=O) groups is 1. The highest BCUT2D eigenvalue weighted by molar-refractivity contribution is 7.19. The fourth-order valence-corrected chi connectivity index (χ4v) is 4.03. The maximum Gasteiger partial charge on any atom is 0.239 e. The summed E-state index contributed by atoms with van der Waals surface area (Å²) in [4.78, 5) is 19.5. The van der Waals surface area contributed by atoms with Crippen LogP contribution in [0.25, 0.3) is 10.1 Å². The number of amides is 1. The maximum absolute atomic E-state index is 12.5. The van der Waals surface area contributed by atoms with Crippen LogP contribution in [0.3, 0.4) is 0 Å². The van der Waals surface area contributed by atoms with Crippen molar-refractivity contribution in [1.29, 1.82) is 0 Å². The van der Waals surface area contributed by atoms with Crippen molar-refractivity contribution in [2.45, 2.75) is 32.2 Å². The van der Waals surface area contributed by atoms with Crippen LogP contribution in [0.15, 0.2) is 18.3 Å². The number of thiophene rings is 1. The molecule has 1 aliphatic heterocycles. The highest BCUT2D eigenvalue weighted by Crippen LogP contribution is 2.29. The molecule has 6 heteroatoms. The van der Waals surface area contributed by atoms with E-state index in [0.29, 0.717) is 18.2 Å². The number of piperidine rings is 1. The second kappa shape index (κ2) is 6.22. The Balaban J connectivity index is 1.68. The number of carbonyl (C=O) groups excluding carboxylic acids is 1. The number of aromatic nitrogens is 1. The van der Waals surface area contributed by atoms with Crippen molar-refractivity contribution in [3.05, 3.63) is 23.2 Å². The van der Waals surface area contributed by atoms with Crippen LogP contribution in [0.1, 0.15) is 24.6 Å². The molecule has 1 unspecified atom stereocenters. The van der Waals surface area contributed by atoms with Crippen molar-refractivity contribution in [3.8, 4) is 0 Å². The molecular weight excluding hydrogens is 296 g/mol. The van der Waals surface area contributed by atoms with Gasteiger partial charge in [0.2, 0.25) is 5.91 Å². The van der Waals surface area contributed by atoms with E-state index < -0.39 is 6.04 Å². The van der Waals surface area contributed by atoms with Crippen LogP contribution in [0.2, 0.25) is 0 Å². The number of nitrogens with zero attached hydrogens (tertiary/aromatic N) is 2. The van der Waals surface area contributed by atoms with Gasteiger partial charge in [-0.1, -0.05) is 6.92 Å². The van der Waals surface area contributed by atoms with Gasteiger partial charge in [0.1, 0.15) is 5.82 Å². The summed E-state index contributed by atoms with van der Waals surface area (Å²) >= 11 is 1.63. The average molecular weight is 318 g/mol. The zero-order valence-corrected chi connectivity index (χ0v) is 13.6. The van der Waals surface area contributed by atoms with E-state index in [1.165, 1.54) is 0 Å². The van der Waals surface area contributed by atoms with E-state index in [0.717, 1.165) is 40.9 Å². The Bertz CT molecular complexity index is 676. The number of rotatable bonds is 3. The number of hydrogen-bond donors (Lipinski definition) is 2. The van der Waals surface area contributed by atoms with Crippen molar-refractivity contribution in [1.82, 2.24) is 9.88 Å². The molecule has 4 N–H and O–H groups in total. The third kappa shape index (κ3) is 3.08. The molecule has 2 aromatic rings. The number of pyridine rings is 1. The van der Waals surface area contributed by atoms with Crippen molar-refractivity contribution < 1.29 is 4.79 Å². The van der Waals surface area contributed by atoms with Crippen LogP contribution in [-0.4, -0.2) is 34.9 Å². The molecule has 0 radical (unpaired) electrons. The van der Waals surface area contributed by atoms with Gasteiger partial charge >= 0.3 is 0 Å². The van der Waals surface area contributed by atoms with Gasteiger partial charge in [-0.05, 0) is 30.9 Å². The Hall–Kier alpha value is -1.66. The third-order valence-electron chi connectivity index (χ3n) is 4.36. The molecule has 1 atom stereocenters. The first-order chi connectivity index (χ1) is 10.5. The van der Waals surface area contributed by atoms with Gasteiger partial charge in [0.25, 0.3) is 0 Å². The van der Waals surface area contributed by atoms with Gasteiger partial charge in [-0.25, -0.2) is 4.98 Å². The van der Waals surface area contributed by atoms with E-state index in [4.69, 9.17) is 11.5 Å².